The number of nitrogens with zero attached hydrogens (tertiary/aromatic N) is 4. The summed E-state index contributed by atoms with van der Waals surface area (Å²) in [6.45, 7) is 5.51. The molecule has 8 heteroatoms. The maximum absolute atomic E-state index is 6.11. The zero-order valence-corrected chi connectivity index (χ0v) is 20.5. The molecule has 2 heterocycles. The lowest BCUT2D eigenvalue weighted by atomic mass is 10.1. The van der Waals surface area contributed by atoms with Crippen molar-refractivity contribution in [1.82, 2.24) is 25.4 Å². The zero-order chi connectivity index (χ0) is 20.9. The van der Waals surface area contributed by atoms with E-state index in [1.165, 1.54) is 5.56 Å². The van der Waals surface area contributed by atoms with Crippen LogP contribution in [0.3, 0.4) is 0 Å². The van der Waals surface area contributed by atoms with Crippen LogP contribution in [0, 0.1) is 13.8 Å². The van der Waals surface area contributed by atoms with Gasteiger partial charge < -0.3 is 15.4 Å². The molecule has 3 aromatic rings. The minimum absolute atomic E-state index is 0. The first kappa shape index (κ1) is 23.1. The Hall–Kier alpha value is -2.62. The summed E-state index contributed by atoms with van der Waals surface area (Å²) in [4.78, 5) is 8.99. The Morgan fingerprint density at radius 3 is 2.71 bits per heavy atom. The fraction of sp³-hybridized carbons (Fsp3) is 0.348. The predicted octanol–water partition coefficient (Wildman–Crippen LogP) is 4.51. The standard InChI is InChI=1S/C23H28N6O.HI/c1-16-10-12-19(13-11-16)30-21-9-5-4-7-18(21)15-25-23(24-3)27-20-8-6-14-29-22(20)26-17(2)28-29;/h4-5,7,9-13,20H,6,8,14-15H2,1-3H3,(H2,24,25,27);1H. The highest BCUT2D eigenvalue weighted by Gasteiger charge is 2.24. The van der Waals surface area contributed by atoms with Crippen LogP contribution in [0.2, 0.25) is 0 Å². The Balaban J connectivity index is 0.00000272. The average Bonchev–Trinajstić information content (AvgIpc) is 3.14. The van der Waals surface area contributed by atoms with E-state index in [2.05, 4.69) is 38.7 Å². The summed E-state index contributed by atoms with van der Waals surface area (Å²) in [7, 11) is 1.78. The van der Waals surface area contributed by atoms with Crippen LogP contribution in [0.25, 0.3) is 0 Å². The van der Waals surface area contributed by atoms with Crippen LogP contribution in [0.5, 0.6) is 11.5 Å². The number of hydrogen-bond donors (Lipinski definition) is 2. The minimum Gasteiger partial charge on any atom is -0.457 e. The molecule has 2 aromatic carbocycles. The van der Waals surface area contributed by atoms with Crippen LogP contribution in [-0.2, 0) is 13.1 Å². The van der Waals surface area contributed by atoms with Crippen molar-refractivity contribution in [3.05, 3.63) is 71.3 Å². The highest BCUT2D eigenvalue weighted by Crippen LogP contribution is 2.26. The van der Waals surface area contributed by atoms with Crippen molar-refractivity contribution in [2.24, 2.45) is 4.99 Å². The van der Waals surface area contributed by atoms with Crippen LogP contribution < -0.4 is 15.4 Å². The number of aliphatic imine (C=N–C) groups is 1. The van der Waals surface area contributed by atoms with E-state index in [0.29, 0.717) is 6.54 Å². The Morgan fingerprint density at radius 1 is 1.16 bits per heavy atom. The Labute approximate surface area is 200 Å². The minimum atomic E-state index is 0. The highest BCUT2D eigenvalue weighted by atomic mass is 127. The van der Waals surface area contributed by atoms with Gasteiger partial charge in [0.05, 0.1) is 6.04 Å². The molecular weight excluding hydrogens is 503 g/mol. The highest BCUT2D eigenvalue weighted by molar-refractivity contribution is 14.0. The molecule has 1 aliphatic heterocycles. The maximum atomic E-state index is 6.11. The first-order chi connectivity index (χ1) is 14.6. The van der Waals surface area contributed by atoms with Crippen LogP contribution in [0.1, 0.15) is 41.7 Å². The molecule has 0 radical (unpaired) electrons. The van der Waals surface area contributed by atoms with Gasteiger partial charge in [-0.25, -0.2) is 9.67 Å². The Kier molecular flexibility index (Phi) is 7.89. The Morgan fingerprint density at radius 2 is 1.94 bits per heavy atom. The van der Waals surface area contributed by atoms with Gasteiger partial charge in [-0.3, -0.25) is 4.99 Å². The van der Waals surface area contributed by atoms with E-state index in [1.54, 1.807) is 7.05 Å². The van der Waals surface area contributed by atoms with E-state index >= 15 is 0 Å². The van der Waals surface area contributed by atoms with Gasteiger partial charge >= 0.3 is 0 Å². The van der Waals surface area contributed by atoms with E-state index in [4.69, 9.17) is 4.74 Å². The third-order valence-electron chi connectivity index (χ3n) is 5.18. The molecule has 1 aliphatic rings. The molecule has 0 fully saturated rings. The molecule has 0 saturated carbocycles. The summed E-state index contributed by atoms with van der Waals surface area (Å²) < 4.78 is 8.10. The number of ether oxygens (including phenoxy) is 1. The normalized spacial score (nSPS) is 15.6. The number of aromatic nitrogens is 3. The second-order valence-corrected chi connectivity index (χ2v) is 7.53. The molecule has 0 aliphatic carbocycles. The second kappa shape index (κ2) is 10.6. The van der Waals surface area contributed by atoms with E-state index < -0.39 is 0 Å². The molecule has 0 amide bonds. The second-order valence-electron chi connectivity index (χ2n) is 7.53. The SMILES string of the molecule is CN=C(NCc1ccccc1Oc1ccc(C)cc1)NC1CCCn2nc(C)nc21.I. The molecule has 0 spiro atoms. The molecule has 0 saturated heterocycles. The van der Waals surface area contributed by atoms with Crippen molar-refractivity contribution in [1.29, 1.82) is 0 Å². The lowest BCUT2D eigenvalue weighted by Crippen LogP contribution is -2.41. The average molecular weight is 532 g/mol. The molecule has 1 atom stereocenters. The van der Waals surface area contributed by atoms with E-state index in [0.717, 1.165) is 54.1 Å². The van der Waals surface area contributed by atoms with Gasteiger partial charge in [0.2, 0.25) is 0 Å². The first-order valence-corrected chi connectivity index (χ1v) is 10.3. The summed E-state index contributed by atoms with van der Waals surface area (Å²) in [6, 6.07) is 16.2. The number of benzene rings is 2. The van der Waals surface area contributed by atoms with E-state index in [-0.39, 0.29) is 30.0 Å². The smallest absolute Gasteiger partial charge is 0.191 e. The monoisotopic (exact) mass is 532 g/mol. The molecule has 0 bridgehead atoms. The molecule has 1 unspecified atom stereocenters. The molecule has 31 heavy (non-hydrogen) atoms. The summed E-state index contributed by atoms with van der Waals surface area (Å²) >= 11 is 0. The fourth-order valence-corrected chi connectivity index (χ4v) is 3.63. The summed E-state index contributed by atoms with van der Waals surface area (Å²) in [5.41, 5.74) is 2.27. The lowest BCUT2D eigenvalue weighted by Gasteiger charge is -2.25. The van der Waals surface area contributed by atoms with Gasteiger partial charge in [-0.1, -0.05) is 35.9 Å². The number of guanidine groups is 1. The van der Waals surface area contributed by atoms with Crippen LogP contribution >= 0.6 is 24.0 Å². The number of fused-ring (bicyclic) bond motifs is 1. The summed E-state index contributed by atoms with van der Waals surface area (Å²) in [6.07, 6.45) is 2.07. The van der Waals surface area contributed by atoms with Crippen LogP contribution in [0.15, 0.2) is 53.5 Å². The van der Waals surface area contributed by atoms with Gasteiger partial charge in [0, 0.05) is 25.7 Å². The number of nitrogens with one attached hydrogen (secondary N) is 2. The van der Waals surface area contributed by atoms with E-state index in [1.807, 2.05) is 54.1 Å². The number of aryl methyl sites for hydroxylation is 3. The third-order valence-corrected chi connectivity index (χ3v) is 5.18. The molecule has 4 rings (SSSR count). The van der Waals surface area contributed by atoms with Crippen molar-refractivity contribution < 1.29 is 4.74 Å². The largest absolute Gasteiger partial charge is 0.457 e. The van der Waals surface area contributed by atoms with Crippen molar-refractivity contribution in [2.75, 3.05) is 7.05 Å². The van der Waals surface area contributed by atoms with Crippen LogP contribution in [0.4, 0.5) is 0 Å². The van der Waals surface area contributed by atoms with Crippen molar-refractivity contribution in [3.63, 3.8) is 0 Å². The van der Waals surface area contributed by atoms with Crippen molar-refractivity contribution in [2.45, 2.75) is 45.8 Å². The third kappa shape index (κ3) is 5.75. The molecule has 7 nitrogen and oxygen atoms in total. The van der Waals surface area contributed by atoms with Gasteiger partial charge in [-0.05, 0) is 44.9 Å². The topological polar surface area (TPSA) is 76.4 Å². The van der Waals surface area contributed by atoms with Crippen LogP contribution in [-0.4, -0.2) is 27.8 Å². The van der Waals surface area contributed by atoms with Gasteiger partial charge in [-0.2, -0.15) is 5.10 Å². The maximum Gasteiger partial charge on any atom is 0.191 e. The quantitative estimate of drug-likeness (QED) is 0.288. The Bertz CT molecular complexity index is 1030. The first-order valence-electron chi connectivity index (χ1n) is 10.3. The molecule has 2 N–H and O–H groups in total. The number of para-hydroxylation sites is 1. The number of halogens is 1. The predicted molar refractivity (Wildman–Crippen MR) is 133 cm³/mol. The molecule has 164 valence electrons. The van der Waals surface area contributed by atoms with Gasteiger partial charge in [0.15, 0.2) is 5.96 Å². The van der Waals surface area contributed by atoms with Crippen molar-refractivity contribution in [3.8, 4) is 11.5 Å². The molecule has 1 aromatic heterocycles. The van der Waals surface area contributed by atoms with Crippen molar-refractivity contribution >= 4 is 29.9 Å². The van der Waals surface area contributed by atoms with E-state index in [9.17, 15) is 0 Å². The van der Waals surface area contributed by atoms with Gasteiger partial charge in [0.25, 0.3) is 0 Å². The molecular formula is C23H29IN6O. The summed E-state index contributed by atoms with van der Waals surface area (Å²) in [5.74, 6) is 4.18. The van der Waals surface area contributed by atoms with Gasteiger partial charge in [0.1, 0.15) is 23.1 Å². The van der Waals surface area contributed by atoms with Gasteiger partial charge in [-0.15, -0.1) is 24.0 Å². The number of rotatable bonds is 5. The fourth-order valence-electron chi connectivity index (χ4n) is 3.63. The lowest BCUT2D eigenvalue weighted by molar-refractivity contribution is 0.397. The summed E-state index contributed by atoms with van der Waals surface area (Å²) in [5, 5.41) is 11.4. The zero-order valence-electron chi connectivity index (χ0n) is 18.1. The number of hydrogen-bond acceptors (Lipinski definition) is 4.